The molecule has 0 bridgehead atoms. The summed E-state index contributed by atoms with van der Waals surface area (Å²) in [6.45, 7) is 0.535. The number of carbonyl (C=O) groups is 4. The first-order chi connectivity index (χ1) is 15.0. The standard InChI is InChI=1S/C24H20N2O4S/c27-21(11-6-14-26-23(29)18-9-4-5-10-19(18)24(26)30)25-15-17-12-13-20(31-17)22(28)16-7-2-1-3-8-16/h1-5,7-10,12-13H,6,11,14-15H2,(H,25,27). The largest absolute Gasteiger partial charge is 0.351 e. The lowest BCUT2D eigenvalue weighted by Gasteiger charge is -2.13. The highest BCUT2D eigenvalue weighted by molar-refractivity contribution is 7.14. The molecule has 3 aromatic rings. The van der Waals surface area contributed by atoms with Gasteiger partial charge in [-0.05, 0) is 30.7 Å². The van der Waals surface area contributed by atoms with Crippen molar-refractivity contribution in [3.63, 3.8) is 0 Å². The maximum atomic E-state index is 12.5. The summed E-state index contributed by atoms with van der Waals surface area (Å²) in [6.07, 6.45) is 0.591. The van der Waals surface area contributed by atoms with Crippen molar-refractivity contribution in [2.75, 3.05) is 6.54 Å². The molecule has 1 aliphatic heterocycles. The molecule has 0 spiro atoms. The van der Waals surface area contributed by atoms with Gasteiger partial charge in [0.2, 0.25) is 11.7 Å². The minimum Gasteiger partial charge on any atom is -0.351 e. The number of thiophene rings is 1. The van der Waals surface area contributed by atoms with Gasteiger partial charge in [-0.2, -0.15) is 0 Å². The molecule has 6 nitrogen and oxygen atoms in total. The van der Waals surface area contributed by atoms with Crippen molar-refractivity contribution in [3.8, 4) is 0 Å². The van der Waals surface area contributed by atoms with E-state index in [0.29, 0.717) is 34.5 Å². The molecule has 2 heterocycles. The number of ketones is 1. The lowest BCUT2D eigenvalue weighted by molar-refractivity contribution is -0.121. The molecule has 1 N–H and O–H groups in total. The Morgan fingerprint density at radius 1 is 0.839 bits per heavy atom. The number of nitrogens with zero attached hydrogens (tertiary/aromatic N) is 1. The molecule has 156 valence electrons. The molecule has 0 saturated carbocycles. The van der Waals surface area contributed by atoms with Gasteiger partial charge in [0.15, 0.2) is 0 Å². The van der Waals surface area contributed by atoms with E-state index in [1.807, 2.05) is 24.3 Å². The monoisotopic (exact) mass is 432 g/mol. The first kappa shape index (κ1) is 20.7. The Morgan fingerprint density at radius 3 is 2.16 bits per heavy atom. The van der Waals surface area contributed by atoms with Gasteiger partial charge in [-0.1, -0.05) is 42.5 Å². The van der Waals surface area contributed by atoms with E-state index in [1.165, 1.54) is 16.2 Å². The lowest BCUT2D eigenvalue weighted by atomic mass is 10.1. The highest BCUT2D eigenvalue weighted by Gasteiger charge is 2.34. The molecule has 0 fully saturated rings. The van der Waals surface area contributed by atoms with Gasteiger partial charge < -0.3 is 5.32 Å². The number of nitrogens with one attached hydrogen (secondary N) is 1. The molecule has 3 amide bonds. The summed E-state index contributed by atoms with van der Waals surface area (Å²) in [5, 5.41) is 2.83. The van der Waals surface area contributed by atoms with E-state index < -0.39 is 0 Å². The number of hydrogen-bond acceptors (Lipinski definition) is 5. The van der Waals surface area contributed by atoms with Gasteiger partial charge in [0, 0.05) is 23.4 Å². The molecule has 4 rings (SSSR count). The van der Waals surface area contributed by atoms with Crippen molar-refractivity contribution < 1.29 is 19.2 Å². The zero-order valence-electron chi connectivity index (χ0n) is 16.7. The molecule has 1 aliphatic rings. The van der Waals surface area contributed by atoms with Crippen LogP contribution in [0, 0.1) is 0 Å². The summed E-state index contributed by atoms with van der Waals surface area (Å²) < 4.78 is 0. The summed E-state index contributed by atoms with van der Waals surface area (Å²) in [7, 11) is 0. The van der Waals surface area contributed by atoms with E-state index in [2.05, 4.69) is 5.32 Å². The third-order valence-corrected chi connectivity index (χ3v) is 6.13. The summed E-state index contributed by atoms with van der Waals surface area (Å²) >= 11 is 1.35. The number of hydrogen-bond donors (Lipinski definition) is 1. The number of rotatable bonds is 8. The van der Waals surface area contributed by atoms with Crippen LogP contribution < -0.4 is 5.32 Å². The minimum absolute atomic E-state index is 0.0379. The Labute approximate surface area is 183 Å². The second kappa shape index (κ2) is 9.06. The summed E-state index contributed by atoms with van der Waals surface area (Å²) in [5.74, 6) is -0.824. The zero-order valence-corrected chi connectivity index (χ0v) is 17.5. The van der Waals surface area contributed by atoms with Gasteiger partial charge in [0.05, 0.1) is 22.5 Å². The highest BCUT2D eigenvalue weighted by atomic mass is 32.1. The van der Waals surface area contributed by atoms with Gasteiger partial charge in [-0.15, -0.1) is 11.3 Å². The van der Waals surface area contributed by atoms with Crippen molar-refractivity contribution in [1.82, 2.24) is 10.2 Å². The van der Waals surface area contributed by atoms with Crippen LogP contribution >= 0.6 is 11.3 Å². The van der Waals surface area contributed by atoms with E-state index in [4.69, 9.17) is 0 Å². The molecule has 1 aromatic heterocycles. The van der Waals surface area contributed by atoms with Crippen LogP contribution in [-0.4, -0.2) is 34.9 Å². The van der Waals surface area contributed by atoms with Crippen LogP contribution in [0.15, 0.2) is 66.7 Å². The quantitative estimate of drug-likeness (QED) is 0.435. The van der Waals surface area contributed by atoms with E-state index in [-0.39, 0.29) is 36.5 Å². The van der Waals surface area contributed by atoms with E-state index >= 15 is 0 Å². The topological polar surface area (TPSA) is 83.6 Å². The van der Waals surface area contributed by atoms with Crippen molar-refractivity contribution in [3.05, 3.63) is 93.2 Å². The number of benzene rings is 2. The predicted molar refractivity (Wildman–Crippen MR) is 117 cm³/mol. The maximum absolute atomic E-state index is 12.5. The number of imide groups is 1. The smallest absolute Gasteiger partial charge is 0.261 e. The van der Waals surface area contributed by atoms with Gasteiger partial charge in [-0.25, -0.2) is 0 Å². The summed E-state index contributed by atoms with van der Waals surface area (Å²) in [4.78, 5) is 52.0. The molecule has 0 radical (unpaired) electrons. The van der Waals surface area contributed by atoms with Crippen LogP contribution in [0.25, 0.3) is 0 Å². The van der Waals surface area contributed by atoms with Crippen molar-refractivity contribution in [1.29, 1.82) is 0 Å². The van der Waals surface area contributed by atoms with Crippen LogP contribution in [0.3, 0.4) is 0 Å². The normalized spacial score (nSPS) is 12.7. The Hall–Kier alpha value is -3.58. The fourth-order valence-corrected chi connectivity index (χ4v) is 4.35. The Morgan fingerprint density at radius 2 is 1.48 bits per heavy atom. The fraction of sp³-hybridized carbons (Fsp3) is 0.167. The molecule has 0 aliphatic carbocycles. The fourth-order valence-electron chi connectivity index (χ4n) is 3.44. The lowest BCUT2D eigenvalue weighted by Crippen LogP contribution is -2.31. The molecule has 31 heavy (non-hydrogen) atoms. The molecular weight excluding hydrogens is 412 g/mol. The van der Waals surface area contributed by atoms with Crippen LogP contribution in [0.2, 0.25) is 0 Å². The van der Waals surface area contributed by atoms with Crippen LogP contribution in [0.5, 0.6) is 0 Å². The van der Waals surface area contributed by atoms with E-state index in [9.17, 15) is 19.2 Å². The van der Waals surface area contributed by atoms with Gasteiger partial charge >= 0.3 is 0 Å². The van der Waals surface area contributed by atoms with E-state index in [1.54, 1.807) is 42.5 Å². The van der Waals surface area contributed by atoms with Crippen LogP contribution in [-0.2, 0) is 11.3 Å². The molecule has 0 atom stereocenters. The zero-order chi connectivity index (χ0) is 21.8. The maximum Gasteiger partial charge on any atom is 0.261 e. The Kier molecular flexibility index (Phi) is 6.04. The number of carbonyl (C=O) groups excluding carboxylic acids is 4. The van der Waals surface area contributed by atoms with Crippen LogP contribution in [0.4, 0.5) is 0 Å². The van der Waals surface area contributed by atoms with Crippen molar-refractivity contribution in [2.45, 2.75) is 19.4 Å². The number of amides is 3. The second-order valence-corrected chi connectivity index (χ2v) is 8.32. The Bertz CT molecular complexity index is 1120. The van der Waals surface area contributed by atoms with E-state index in [0.717, 1.165) is 4.88 Å². The summed E-state index contributed by atoms with van der Waals surface area (Å²) in [6, 6.07) is 19.4. The number of fused-ring (bicyclic) bond motifs is 1. The van der Waals surface area contributed by atoms with Crippen LogP contribution in [0.1, 0.15) is 53.7 Å². The van der Waals surface area contributed by atoms with Gasteiger partial charge in [0.1, 0.15) is 0 Å². The van der Waals surface area contributed by atoms with Crippen molar-refractivity contribution >= 4 is 34.8 Å². The van der Waals surface area contributed by atoms with Crippen molar-refractivity contribution in [2.24, 2.45) is 0 Å². The average Bonchev–Trinajstić information content (AvgIpc) is 3.37. The SMILES string of the molecule is O=C(CCCN1C(=O)c2ccccc2C1=O)NCc1ccc(C(=O)c2ccccc2)s1. The second-order valence-electron chi connectivity index (χ2n) is 7.15. The van der Waals surface area contributed by atoms with Gasteiger partial charge in [-0.3, -0.25) is 24.1 Å². The molecule has 0 saturated heterocycles. The first-order valence-electron chi connectivity index (χ1n) is 9.95. The highest BCUT2D eigenvalue weighted by Crippen LogP contribution is 2.23. The minimum atomic E-state index is -0.310. The first-order valence-corrected chi connectivity index (χ1v) is 10.8. The average molecular weight is 433 g/mol. The molecule has 0 unspecified atom stereocenters. The third-order valence-electron chi connectivity index (χ3n) is 5.04. The molecule has 7 heteroatoms. The Balaban J connectivity index is 1.24. The molecular formula is C24H20N2O4S. The third kappa shape index (κ3) is 4.46. The molecule has 2 aromatic carbocycles. The summed E-state index contributed by atoms with van der Waals surface area (Å²) in [5.41, 5.74) is 1.46. The van der Waals surface area contributed by atoms with Gasteiger partial charge in [0.25, 0.3) is 11.8 Å². The predicted octanol–water partition coefficient (Wildman–Crippen LogP) is 3.67.